The number of halogens is 4. The number of carbonyl (C=O) groups is 4. The number of benzene rings is 2. The quantitative estimate of drug-likeness (QED) is 0.117. The van der Waals surface area contributed by atoms with Crippen LogP contribution in [0.25, 0.3) is 33.5 Å². The third-order valence-corrected chi connectivity index (χ3v) is 12.1. The lowest BCUT2D eigenvalue weighted by Gasteiger charge is -2.32. The molecule has 4 aromatic rings. The van der Waals surface area contributed by atoms with Crippen LogP contribution in [0, 0.1) is 11.7 Å². The molecule has 0 radical (unpaired) electrons. The Morgan fingerprint density at radius 2 is 1.51 bits per heavy atom. The van der Waals surface area contributed by atoms with Crippen LogP contribution >= 0.6 is 11.6 Å². The van der Waals surface area contributed by atoms with Crippen LogP contribution in [-0.4, -0.2) is 124 Å². The van der Waals surface area contributed by atoms with Crippen LogP contribution in [0.15, 0.2) is 36.4 Å². The Bertz CT molecular complexity index is 2200. The van der Waals surface area contributed by atoms with E-state index in [1.165, 1.54) is 21.9 Å². The van der Waals surface area contributed by atoms with Gasteiger partial charge in [0.1, 0.15) is 30.2 Å². The normalized spacial score (nSPS) is 21.6. The molecule has 0 bridgehead atoms. The zero-order valence-corrected chi connectivity index (χ0v) is 35.3. The molecule has 13 nitrogen and oxygen atoms in total. The van der Waals surface area contributed by atoms with E-state index in [1.54, 1.807) is 53.1 Å². The number of nitrogens with one attached hydrogen (secondary N) is 5. The Balaban J connectivity index is 1.40. The number of imidazole rings is 1. The smallest absolute Gasteiger partial charge is 0.245 e. The number of aromatic nitrogens is 3. The summed E-state index contributed by atoms with van der Waals surface area (Å²) in [7, 11) is 3.29. The van der Waals surface area contributed by atoms with Crippen molar-refractivity contribution in [3.05, 3.63) is 52.8 Å². The molecule has 2 fully saturated rings. The number of H-pyrrole nitrogens is 1. The zero-order valence-electron chi connectivity index (χ0n) is 34.5. The highest BCUT2D eigenvalue weighted by Crippen LogP contribution is 2.38. The van der Waals surface area contributed by atoms with Gasteiger partial charge in [0.2, 0.25) is 23.6 Å². The van der Waals surface area contributed by atoms with E-state index in [-0.39, 0.29) is 62.5 Å². The maximum absolute atomic E-state index is 15.5. The predicted molar refractivity (Wildman–Crippen MR) is 222 cm³/mol. The molecule has 0 saturated carbocycles. The van der Waals surface area contributed by atoms with Gasteiger partial charge in [-0.15, -0.1) is 0 Å². The summed E-state index contributed by atoms with van der Waals surface area (Å²) in [5.41, 5.74) is 2.72. The van der Waals surface area contributed by atoms with Crippen molar-refractivity contribution < 1.29 is 32.3 Å². The lowest BCUT2D eigenvalue weighted by Crippen LogP contribution is -2.55. The van der Waals surface area contributed by atoms with E-state index < -0.39 is 60.3 Å². The number of hydrogen-bond acceptors (Lipinski definition) is 7. The highest BCUT2D eigenvalue weighted by molar-refractivity contribution is 6.31. The number of hydrogen-bond donors (Lipinski definition) is 5. The van der Waals surface area contributed by atoms with Crippen LogP contribution in [0.5, 0.6) is 0 Å². The number of aromatic amines is 1. The first-order chi connectivity index (χ1) is 28.0. The molecule has 0 spiro atoms. The monoisotopic (exact) mass is 841 g/mol. The summed E-state index contributed by atoms with van der Waals surface area (Å²) < 4.78 is 47.5. The maximum atomic E-state index is 15.5. The Labute approximate surface area is 347 Å². The Morgan fingerprint density at radius 1 is 0.881 bits per heavy atom. The van der Waals surface area contributed by atoms with E-state index in [1.807, 2.05) is 24.5 Å². The van der Waals surface area contributed by atoms with E-state index in [9.17, 15) is 23.6 Å². The van der Waals surface area contributed by atoms with Crippen LogP contribution in [0.2, 0.25) is 5.02 Å². The van der Waals surface area contributed by atoms with Crippen molar-refractivity contribution in [1.29, 1.82) is 0 Å². The summed E-state index contributed by atoms with van der Waals surface area (Å²) in [6, 6.07) is 5.38. The summed E-state index contributed by atoms with van der Waals surface area (Å²) in [6.45, 7) is 8.56. The number of nitrogens with zero attached hydrogens (tertiary/aromatic N) is 4. The minimum absolute atomic E-state index is 0.0200. The molecular formula is C42H55ClF3N9O4. The third-order valence-electron chi connectivity index (χ3n) is 11.8. The van der Waals surface area contributed by atoms with Gasteiger partial charge in [0.15, 0.2) is 5.82 Å². The zero-order chi connectivity index (χ0) is 42.9. The first kappa shape index (κ1) is 43.9. The fourth-order valence-corrected chi connectivity index (χ4v) is 8.42. The number of rotatable bonds is 15. The van der Waals surface area contributed by atoms with Gasteiger partial charge in [0.25, 0.3) is 0 Å². The number of alkyl halides is 2. The van der Waals surface area contributed by atoms with Crippen molar-refractivity contribution >= 4 is 57.2 Å². The summed E-state index contributed by atoms with van der Waals surface area (Å²) in [4.78, 5) is 65.3. The maximum Gasteiger partial charge on any atom is 0.245 e. The van der Waals surface area contributed by atoms with Crippen LogP contribution in [0.1, 0.15) is 59.4 Å². The van der Waals surface area contributed by atoms with Crippen LogP contribution in [0.3, 0.4) is 0 Å². The average molecular weight is 842 g/mol. The van der Waals surface area contributed by atoms with E-state index >= 15 is 8.78 Å². The number of likely N-dealkylation sites (N-methyl/N-ethyl adjacent to an activating group) is 2. The highest BCUT2D eigenvalue weighted by atomic mass is 35.5. The summed E-state index contributed by atoms with van der Waals surface area (Å²) in [5.74, 6) is -1.94. The molecule has 17 heteroatoms. The van der Waals surface area contributed by atoms with E-state index in [0.29, 0.717) is 45.1 Å². The van der Waals surface area contributed by atoms with Crippen molar-refractivity contribution in [1.82, 2.24) is 45.6 Å². The van der Waals surface area contributed by atoms with Gasteiger partial charge in [-0.25, -0.2) is 18.2 Å². The number of carbonyl (C=O) groups excluding carboxylic acids is 4. The van der Waals surface area contributed by atoms with Gasteiger partial charge >= 0.3 is 0 Å². The largest absolute Gasteiger partial charge is 0.352 e. The molecule has 8 atom stereocenters. The molecule has 2 aliphatic heterocycles. The molecule has 0 aliphatic carbocycles. The van der Waals surface area contributed by atoms with Crippen molar-refractivity contribution in [2.24, 2.45) is 5.92 Å². The average Bonchev–Trinajstić information content (AvgIpc) is 3.96. The van der Waals surface area contributed by atoms with Crippen molar-refractivity contribution in [3.8, 4) is 11.5 Å². The van der Waals surface area contributed by atoms with E-state index in [4.69, 9.17) is 16.6 Å². The molecule has 2 aromatic heterocycles. The third kappa shape index (κ3) is 9.24. The second-order valence-electron chi connectivity index (χ2n) is 16.2. The van der Waals surface area contributed by atoms with E-state index in [2.05, 4.69) is 26.3 Å². The number of amides is 4. The number of fused-ring (bicyclic) bond motifs is 2. The molecule has 320 valence electrons. The van der Waals surface area contributed by atoms with Gasteiger partial charge in [0.05, 0.1) is 47.9 Å². The van der Waals surface area contributed by atoms with Crippen LogP contribution in [0.4, 0.5) is 13.2 Å². The first-order valence-electron chi connectivity index (χ1n) is 20.4. The van der Waals surface area contributed by atoms with Gasteiger partial charge in [-0.05, 0) is 76.5 Å². The minimum atomic E-state index is -1.33. The fraction of sp³-hybridized carbons (Fsp3) is 0.548. The summed E-state index contributed by atoms with van der Waals surface area (Å²) in [6.07, 6.45) is -2.06. The molecule has 6 rings (SSSR count). The lowest BCUT2D eigenvalue weighted by molar-refractivity contribution is -0.139. The molecule has 2 aliphatic rings. The molecule has 2 saturated heterocycles. The highest BCUT2D eigenvalue weighted by Gasteiger charge is 2.42. The molecule has 59 heavy (non-hydrogen) atoms. The van der Waals surface area contributed by atoms with Crippen molar-refractivity contribution in [3.63, 3.8) is 0 Å². The van der Waals surface area contributed by atoms with Crippen molar-refractivity contribution in [2.75, 3.05) is 27.2 Å². The fourth-order valence-electron chi connectivity index (χ4n) is 8.25. The molecular weight excluding hydrogens is 787 g/mol. The van der Waals surface area contributed by atoms with E-state index in [0.717, 1.165) is 5.39 Å². The number of likely N-dealkylation sites (tertiary alicyclic amines) is 2. The SMILES string of the molecule is CC[C@H](NC(=O)[C@H](C)NC)C(=O)N1C[C@@H](F)C[C@H]1Cc1c(-c2nc3cc(F)ccc3n2C[C@@H]2C[C@H](F)CN2C(=O)[C@@H](NC(=O)[C@H](C)NC)C(C)C)[nH]c2cc(Cl)ccc12. The topological polar surface area (TPSA) is 156 Å². The van der Waals surface area contributed by atoms with Crippen LogP contribution in [-0.2, 0) is 32.1 Å². The Kier molecular flexibility index (Phi) is 13.6. The second kappa shape index (κ2) is 18.3. The molecule has 4 amide bonds. The molecule has 2 aromatic carbocycles. The lowest BCUT2D eigenvalue weighted by atomic mass is 9.99. The van der Waals surface area contributed by atoms with Gasteiger partial charge in [-0.2, -0.15) is 0 Å². The Hall–Kier alpha value is -4.67. The standard InChI is InChI=1S/C42H55ClF3N9O4/c1-8-32(51-39(56)22(4)47-6)41(58)53-18-26(45)14-28(53)17-31-30-11-9-24(43)13-33(30)49-37(31)38-50-34-16-25(44)10-12-35(34)55(38)20-29-15-27(46)19-54(29)42(59)36(21(2)3)52-40(57)23(5)48-7/h9-13,16,21-23,26-29,32,36,47-49H,8,14-15,17-20H2,1-7H3,(H,51,56)(H,52,57)/t22-,23-,26-,27-,28-,29-,32-,36-/m0/s1. The molecule has 0 unspecified atom stereocenters. The Morgan fingerprint density at radius 3 is 2.14 bits per heavy atom. The van der Waals surface area contributed by atoms with Crippen LogP contribution < -0.4 is 21.3 Å². The van der Waals surface area contributed by atoms with Gasteiger partial charge in [0, 0.05) is 47.4 Å². The second-order valence-corrected chi connectivity index (χ2v) is 16.7. The molecule has 5 N–H and O–H groups in total. The van der Waals surface area contributed by atoms with Gasteiger partial charge < -0.3 is 40.6 Å². The first-order valence-corrected chi connectivity index (χ1v) is 20.7. The van der Waals surface area contributed by atoms with Gasteiger partial charge in [-0.1, -0.05) is 38.4 Å². The predicted octanol–water partition coefficient (Wildman–Crippen LogP) is 4.65. The van der Waals surface area contributed by atoms with Crippen molar-refractivity contribution in [2.45, 2.75) is 115 Å². The molecule has 4 heterocycles. The minimum Gasteiger partial charge on any atom is -0.352 e. The summed E-state index contributed by atoms with van der Waals surface area (Å²) >= 11 is 6.47. The van der Waals surface area contributed by atoms with Gasteiger partial charge in [-0.3, -0.25) is 19.2 Å². The summed E-state index contributed by atoms with van der Waals surface area (Å²) in [5, 5.41) is 12.6.